The van der Waals surface area contributed by atoms with E-state index in [9.17, 15) is 15.3 Å². The molecule has 0 amide bonds. The molecule has 9 atom stereocenters. The molecular formula is C30H50O3. The predicted octanol–water partition coefficient (Wildman–Crippen LogP) is 6.28. The zero-order valence-electron chi connectivity index (χ0n) is 22.3. The van der Waals surface area contributed by atoms with Gasteiger partial charge in [-0.1, -0.05) is 64.8 Å². The number of fused-ring (bicyclic) bond motifs is 5. The molecule has 0 saturated heterocycles. The molecule has 3 fully saturated rings. The highest BCUT2D eigenvalue weighted by atomic mass is 16.3. The van der Waals surface area contributed by atoms with Gasteiger partial charge in [0.15, 0.2) is 0 Å². The number of aliphatic hydroxyl groups excluding tert-OH is 3. The zero-order valence-corrected chi connectivity index (χ0v) is 22.3. The van der Waals surface area contributed by atoms with Crippen molar-refractivity contribution in [3.05, 3.63) is 23.3 Å². The summed E-state index contributed by atoms with van der Waals surface area (Å²) in [6, 6.07) is 0. The molecule has 0 radical (unpaired) electrons. The number of rotatable bonds is 5. The SMILES string of the molecule is C/C(=C\CC[C@@H](C)[C@H]1CC[C@@]2(C)[C@@H]3CC=C4[C@@H](CC[C@H](O)C4(C)C)[C@]3(C)[C@@H](O)C[C@]12C)CO. The summed E-state index contributed by atoms with van der Waals surface area (Å²) in [4.78, 5) is 0. The second-order valence-corrected chi connectivity index (χ2v) is 13.6. The summed E-state index contributed by atoms with van der Waals surface area (Å²) in [6.45, 7) is 16.5. The van der Waals surface area contributed by atoms with Gasteiger partial charge < -0.3 is 15.3 Å². The summed E-state index contributed by atoms with van der Waals surface area (Å²) in [5.74, 6) is 2.13. The summed E-state index contributed by atoms with van der Waals surface area (Å²) in [7, 11) is 0. The van der Waals surface area contributed by atoms with Gasteiger partial charge in [-0.05, 0) is 92.8 Å². The minimum Gasteiger partial charge on any atom is -0.393 e. The number of allylic oxidation sites excluding steroid dienone is 2. The van der Waals surface area contributed by atoms with E-state index in [0.717, 1.165) is 44.1 Å². The van der Waals surface area contributed by atoms with Crippen LogP contribution in [0.25, 0.3) is 0 Å². The van der Waals surface area contributed by atoms with E-state index in [4.69, 9.17) is 0 Å². The Morgan fingerprint density at radius 2 is 1.76 bits per heavy atom. The fourth-order valence-electron chi connectivity index (χ4n) is 9.52. The molecule has 0 aromatic rings. The third kappa shape index (κ3) is 3.54. The Kier molecular flexibility index (Phi) is 6.55. The van der Waals surface area contributed by atoms with Crippen molar-refractivity contribution < 1.29 is 15.3 Å². The normalized spacial score (nSPS) is 47.9. The third-order valence-electron chi connectivity index (χ3n) is 12.0. The molecule has 3 nitrogen and oxygen atoms in total. The van der Waals surface area contributed by atoms with Crippen molar-refractivity contribution in [2.24, 2.45) is 45.3 Å². The Balaban J connectivity index is 1.64. The summed E-state index contributed by atoms with van der Waals surface area (Å²) < 4.78 is 0. The maximum Gasteiger partial charge on any atom is 0.0639 e. The highest BCUT2D eigenvalue weighted by molar-refractivity contribution is 5.31. The van der Waals surface area contributed by atoms with E-state index in [1.165, 1.54) is 18.4 Å². The van der Waals surface area contributed by atoms with Gasteiger partial charge in [0.25, 0.3) is 0 Å². The highest BCUT2D eigenvalue weighted by Crippen LogP contribution is 2.74. The van der Waals surface area contributed by atoms with Crippen molar-refractivity contribution in [1.29, 1.82) is 0 Å². The maximum absolute atomic E-state index is 11.9. The lowest BCUT2D eigenvalue weighted by Crippen LogP contribution is -2.64. The Morgan fingerprint density at radius 1 is 1.06 bits per heavy atom. The topological polar surface area (TPSA) is 60.7 Å². The van der Waals surface area contributed by atoms with E-state index in [2.05, 4.69) is 53.7 Å². The van der Waals surface area contributed by atoms with Crippen LogP contribution in [0.5, 0.6) is 0 Å². The second kappa shape index (κ2) is 8.49. The van der Waals surface area contributed by atoms with Crippen LogP contribution in [0, 0.1) is 45.3 Å². The molecule has 3 heteroatoms. The Hall–Kier alpha value is -0.640. The predicted molar refractivity (Wildman–Crippen MR) is 136 cm³/mol. The molecule has 188 valence electrons. The minimum absolute atomic E-state index is 0.102. The number of hydrogen-bond acceptors (Lipinski definition) is 3. The quantitative estimate of drug-likeness (QED) is 0.425. The van der Waals surface area contributed by atoms with Crippen molar-refractivity contribution in [3.63, 3.8) is 0 Å². The molecule has 33 heavy (non-hydrogen) atoms. The van der Waals surface area contributed by atoms with Gasteiger partial charge in [0, 0.05) is 10.8 Å². The second-order valence-electron chi connectivity index (χ2n) is 13.6. The summed E-state index contributed by atoms with van der Waals surface area (Å²) >= 11 is 0. The smallest absolute Gasteiger partial charge is 0.0639 e. The zero-order chi connectivity index (χ0) is 24.4. The van der Waals surface area contributed by atoms with Crippen LogP contribution >= 0.6 is 0 Å². The van der Waals surface area contributed by atoms with Gasteiger partial charge in [0.2, 0.25) is 0 Å². The summed E-state index contributed by atoms with van der Waals surface area (Å²) in [5.41, 5.74) is 2.58. The van der Waals surface area contributed by atoms with Gasteiger partial charge in [-0.25, -0.2) is 0 Å². The molecule has 4 rings (SSSR count). The lowest BCUT2D eigenvalue weighted by atomic mass is 9.38. The van der Waals surface area contributed by atoms with Crippen LogP contribution in [-0.4, -0.2) is 34.1 Å². The van der Waals surface area contributed by atoms with Crippen molar-refractivity contribution in [2.45, 2.75) is 112 Å². The van der Waals surface area contributed by atoms with E-state index in [1.807, 2.05) is 6.92 Å². The fraction of sp³-hybridized carbons (Fsp3) is 0.867. The van der Waals surface area contributed by atoms with E-state index < -0.39 is 0 Å². The number of aliphatic hydroxyl groups is 3. The first-order valence-electron chi connectivity index (χ1n) is 13.7. The van der Waals surface area contributed by atoms with Crippen molar-refractivity contribution in [1.82, 2.24) is 0 Å². The summed E-state index contributed by atoms with van der Waals surface area (Å²) in [6.07, 6.45) is 12.6. The largest absolute Gasteiger partial charge is 0.393 e. The van der Waals surface area contributed by atoms with Crippen LogP contribution in [0.1, 0.15) is 99.8 Å². The van der Waals surface area contributed by atoms with Crippen LogP contribution in [0.3, 0.4) is 0 Å². The Bertz CT molecular complexity index is 811. The van der Waals surface area contributed by atoms with Gasteiger partial charge in [-0.15, -0.1) is 0 Å². The third-order valence-corrected chi connectivity index (χ3v) is 12.0. The van der Waals surface area contributed by atoms with Gasteiger partial charge >= 0.3 is 0 Å². The molecular weight excluding hydrogens is 408 g/mol. The molecule has 0 unspecified atom stereocenters. The molecule has 0 bridgehead atoms. The lowest BCUT2D eigenvalue weighted by Gasteiger charge is -2.67. The highest BCUT2D eigenvalue weighted by Gasteiger charge is 2.70. The monoisotopic (exact) mass is 458 g/mol. The molecule has 3 saturated carbocycles. The fourth-order valence-corrected chi connectivity index (χ4v) is 9.52. The van der Waals surface area contributed by atoms with Gasteiger partial charge in [0.05, 0.1) is 18.8 Å². The average molecular weight is 459 g/mol. The molecule has 4 aliphatic carbocycles. The first-order valence-corrected chi connectivity index (χ1v) is 13.7. The van der Waals surface area contributed by atoms with Crippen molar-refractivity contribution in [2.75, 3.05) is 6.61 Å². The van der Waals surface area contributed by atoms with Gasteiger partial charge in [-0.3, -0.25) is 0 Å². The maximum atomic E-state index is 11.9. The molecule has 0 spiro atoms. The van der Waals surface area contributed by atoms with Crippen LogP contribution in [0.2, 0.25) is 0 Å². The molecule has 3 N–H and O–H groups in total. The van der Waals surface area contributed by atoms with Crippen LogP contribution in [0.15, 0.2) is 23.3 Å². The number of hydrogen-bond donors (Lipinski definition) is 3. The summed E-state index contributed by atoms with van der Waals surface area (Å²) in [5, 5.41) is 32.0. The first kappa shape index (κ1) is 25.5. The van der Waals surface area contributed by atoms with Crippen molar-refractivity contribution in [3.8, 4) is 0 Å². The van der Waals surface area contributed by atoms with Gasteiger partial charge in [0.1, 0.15) is 0 Å². The van der Waals surface area contributed by atoms with Crippen molar-refractivity contribution >= 4 is 0 Å². The standard InChI is InChI=1S/C30H50O3/c1-19(18-31)9-8-10-20(2)21-15-16-28(5)24-13-11-22-23(12-14-25(32)27(22,3)4)30(24,7)26(33)17-29(21,28)6/h9,11,20-21,23-26,31-33H,8,10,12-18H2,1-7H3/b19-9+/t20-,21-,23-,24+,25+,26+,28+,29-,30+/m1/s1. The molecule has 0 aromatic carbocycles. The molecule has 0 aliphatic heterocycles. The Labute approximate surface area is 202 Å². The van der Waals surface area contributed by atoms with Crippen LogP contribution in [0.4, 0.5) is 0 Å². The van der Waals surface area contributed by atoms with E-state index in [-0.39, 0.29) is 40.5 Å². The minimum atomic E-state index is -0.287. The van der Waals surface area contributed by atoms with E-state index in [1.54, 1.807) is 0 Å². The molecule has 4 aliphatic rings. The lowest BCUT2D eigenvalue weighted by molar-refractivity contribution is -0.204. The Morgan fingerprint density at radius 3 is 2.42 bits per heavy atom. The van der Waals surface area contributed by atoms with E-state index in [0.29, 0.717) is 23.7 Å². The first-order chi connectivity index (χ1) is 15.3. The molecule has 0 aromatic heterocycles. The van der Waals surface area contributed by atoms with E-state index >= 15 is 0 Å². The molecule has 0 heterocycles. The average Bonchev–Trinajstić information content (AvgIpc) is 3.02. The van der Waals surface area contributed by atoms with Crippen LogP contribution in [-0.2, 0) is 0 Å². The van der Waals surface area contributed by atoms with Gasteiger partial charge in [-0.2, -0.15) is 0 Å². The van der Waals surface area contributed by atoms with Crippen LogP contribution < -0.4 is 0 Å².